The third kappa shape index (κ3) is 4.89. The minimum atomic E-state index is 1.14. The van der Waals surface area contributed by atoms with Crippen molar-refractivity contribution in [1.29, 1.82) is 0 Å². The minimum absolute atomic E-state index is 1.14. The third-order valence-electron chi connectivity index (χ3n) is 12.0. The third-order valence-corrected chi connectivity index (χ3v) is 14.4. The summed E-state index contributed by atoms with van der Waals surface area (Å²) in [5.41, 5.74) is 9.59. The molecule has 12 aromatic rings. The lowest BCUT2D eigenvalue weighted by molar-refractivity contribution is 1.30. The molecular weight excluding hydrogens is 741 g/mol. The molecule has 58 heavy (non-hydrogen) atoms. The van der Waals surface area contributed by atoms with Gasteiger partial charge >= 0.3 is 0 Å². The molecule has 2 heterocycles. The van der Waals surface area contributed by atoms with E-state index in [0.717, 1.165) is 11.4 Å². The second-order valence-electron chi connectivity index (χ2n) is 15.3. The number of anilines is 6. The molecule has 0 aliphatic carbocycles. The maximum Gasteiger partial charge on any atom is 0.0640 e. The molecule has 0 unspecified atom stereocenters. The fraction of sp³-hybridized carbons (Fsp3) is 0.0370. The van der Waals surface area contributed by atoms with Gasteiger partial charge in [0.05, 0.1) is 32.1 Å². The van der Waals surface area contributed by atoms with Crippen molar-refractivity contribution in [2.75, 3.05) is 9.80 Å². The molecule has 4 heteroatoms. The molecule has 2 aromatic heterocycles. The standard InChI is InChI=1S/C54H36N2S2/c1-33-31-47(55(35-15-5-3-6-16-35)45-23-13-21-41-39-19-9-11-25-49(39)57-53(41)45)43-30-28-38-34(2)32-48(44-29-27-37(33)51(43)52(38)44)56(36-17-7-4-8-18-36)46-24-14-22-42-40-20-10-12-26-50(40)58-54(42)46/h3-32H,1-2H3. The summed E-state index contributed by atoms with van der Waals surface area (Å²) in [4.78, 5) is 5.01. The summed E-state index contributed by atoms with van der Waals surface area (Å²) in [6.07, 6.45) is 0. The first-order valence-corrected chi connectivity index (χ1v) is 21.5. The molecule has 0 radical (unpaired) electrons. The van der Waals surface area contributed by atoms with Gasteiger partial charge in [0, 0.05) is 53.1 Å². The highest BCUT2D eigenvalue weighted by Gasteiger charge is 2.26. The molecule has 0 fully saturated rings. The number of nitrogens with zero attached hydrogens (tertiary/aromatic N) is 2. The van der Waals surface area contributed by atoms with Crippen molar-refractivity contribution in [3.63, 3.8) is 0 Å². The molecule has 0 amide bonds. The lowest BCUT2D eigenvalue weighted by atomic mass is 9.88. The number of thiophene rings is 2. The van der Waals surface area contributed by atoms with Gasteiger partial charge in [0.15, 0.2) is 0 Å². The molecule has 0 aliphatic rings. The van der Waals surface area contributed by atoms with Crippen LogP contribution in [0.15, 0.2) is 182 Å². The molecule has 274 valence electrons. The Bertz CT molecular complexity index is 3310. The zero-order valence-corrected chi connectivity index (χ0v) is 33.7. The molecule has 0 N–H and O–H groups in total. The van der Waals surface area contributed by atoms with Crippen molar-refractivity contribution in [3.8, 4) is 0 Å². The van der Waals surface area contributed by atoms with Crippen LogP contribution in [-0.4, -0.2) is 0 Å². The van der Waals surface area contributed by atoms with E-state index in [1.54, 1.807) is 0 Å². The first-order chi connectivity index (χ1) is 28.6. The molecule has 2 nitrogen and oxygen atoms in total. The fourth-order valence-corrected chi connectivity index (χ4v) is 11.9. The van der Waals surface area contributed by atoms with E-state index in [2.05, 4.69) is 206 Å². The van der Waals surface area contributed by atoms with E-state index in [-0.39, 0.29) is 0 Å². The highest BCUT2D eigenvalue weighted by molar-refractivity contribution is 7.26. The number of hydrogen-bond donors (Lipinski definition) is 0. The van der Waals surface area contributed by atoms with Gasteiger partial charge in [0.2, 0.25) is 0 Å². The minimum Gasteiger partial charge on any atom is -0.308 e. The summed E-state index contributed by atoms with van der Waals surface area (Å²) in [5, 5.41) is 12.9. The summed E-state index contributed by atoms with van der Waals surface area (Å²) < 4.78 is 5.20. The van der Waals surface area contributed by atoms with Gasteiger partial charge in [-0.05, 0) is 107 Å². The lowest BCUT2D eigenvalue weighted by Crippen LogP contribution is -2.12. The zero-order chi connectivity index (χ0) is 38.5. The predicted octanol–water partition coefficient (Wildman–Crippen LogP) is 16.9. The predicted molar refractivity (Wildman–Crippen MR) is 255 cm³/mol. The van der Waals surface area contributed by atoms with Gasteiger partial charge in [-0.25, -0.2) is 0 Å². The van der Waals surface area contributed by atoms with Crippen LogP contribution in [0.1, 0.15) is 11.1 Å². The van der Waals surface area contributed by atoms with Crippen molar-refractivity contribution in [3.05, 3.63) is 193 Å². The van der Waals surface area contributed by atoms with E-state index < -0.39 is 0 Å². The molecule has 0 atom stereocenters. The number of fused-ring (bicyclic) bond motifs is 6. The molecule has 0 spiro atoms. The molecule has 0 aliphatic heterocycles. The Morgan fingerprint density at radius 2 is 0.690 bits per heavy atom. The van der Waals surface area contributed by atoms with Gasteiger partial charge in [-0.1, -0.05) is 121 Å². The molecule has 0 bridgehead atoms. The average molecular weight is 777 g/mol. The van der Waals surface area contributed by atoms with Crippen molar-refractivity contribution in [1.82, 2.24) is 0 Å². The Balaban J connectivity index is 1.17. The summed E-state index contributed by atoms with van der Waals surface area (Å²) in [6, 6.07) is 67.3. The van der Waals surface area contributed by atoms with Crippen LogP contribution in [0, 0.1) is 13.8 Å². The Kier molecular flexibility index (Phi) is 7.44. The first kappa shape index (κ1) is 33.4. The number of rotatable bonds is 6. The van der Waals surface area contributed by atoms with Crippen LogP contribution < -0.4 is 9.80 Å². The Morgan fingerprint density at radius 3 is 1.14 bits per heavy atom. The monoisotopic (exact) mass is 776 g/mol. The smallest absolute Gasteiger partial charge is 0.0640 e. The van der Waals surface area contributed by atoms with Crippen LogP contribution in [-0.2, 0) is 0 Å². The topological polar surface area (TPSA) is 6.48 Å². The van der Waals surface area contributed by atoms with Gasteiger partial charge in [0.1, 0.15) is 0 Å². The Morgan fingerprint density at radius 1 is 0.310 bits per heavy atom. The van der Waals surface area contributed by atoms with Crippen molar-refractivity contribution in [2.45, 2.75) is 13.8 Å². The maximum atomic E-state index is 2.50. The molecule has 0 saturated carbocycles. The van der Waals surface area contributed by atoms with Gasteiger partial charge in [-0.15, -0.1) is 22.7 Å². The summed E-state index contributed by atoms with van der Waals surface area (Å²) in [7, 11) is 0. The van der Waals surface area contributed by atoms with E-state index >= 15 is 0 Å². The van der Waals surface area contributed by atoms with E-state index in [0.29, 0.717) is 0 Å². The zero-order valence-electron chi connectivity index (χ0n) is 32.0. The number of benzene rings is 10. The van der Waals surface area contributed by atoms with Crippen LogP contribution in [0.5, 0.6) is 0 Å². The molecular formula is C54H36N2S2. The first-order valence-electron chi connectivity index (χ1n) is 19.8. The largest absolute Gasteiger partial charge is 0.308 e. The quantitative estimate of drug-likeness (QED) is 0.155. The van der Waals surface area contributed by atoms with Crippen molar-refractivity contribution >= 4 is 129 Å². The number of aryl methyl sites for hydroxylation is 2. The van der Waals surface area contributed by atoms with Crippen LogP contribution in [0.4, 0.5) is 34.1 Å². The molecule has 0 saturated heterocycles. The van der Waals surface area contributed by atoms with Gasteiger partial charge in [0.25, 0.3) is 0 Å². The second kappa shape index (κ2) is 12.9. The summed E-state index contributed by atoms with van der Waals surface area (Å²) in [5.74, 6) is 0. The lowest BCUT2D eigenvalue weighted by Gasteiger charge is -2.30. The van der Waals surface area contributed by atoms with Crippen LogP contribution in [0.2, 0.25) is 0 Å². The highest BCUT2D eigenvalue weighted by atomic mass is 32.1. The van der Waals surface area contributed by atoms with Gasteiger partial charge in [-0.3, -0.25) is 0 Å². The molecule has 10 aromatic carbocycles. The highest BCUT2D eigenvalue weighted by Crippen LogP contribution is 2.52. The fourth-order valence-electron chi connectivity index (χ4n) is 9.46. The molecule has 12 rings (SSSR count). The Labute approximate surface area is 344 Å². The maximum absolute atomic E-state index is 2.50. The van der Waals surface area contributed by atoms with E-state index in [1.807, 2.05) is 22.7 Å². The van der Waals surface area contributed by atoms with Crippen molar-refractivity contribution < 1.29 is 0 Å². The van der Waals surface area contributed by atoms with Gasteiger partial charge in [-0.2, -0.15) is 0 Å². The number of hydrogen-bond acceptors (Lipinski definition) is 4. The number of para-hydroxylation sites is 2. The van der Waals surface area contributed by atoms with Crippen LogP contribution in [0.3, 0.4) is 0 Å². The van der Waals surface area contributed by atoms with Crippen LogP contribution >= 0.6 is 22.7 Å². The summed E-state index contributed by atoms with van der Waals surface area (Å²) >= 11 is 3.76. The Hall–Kier alpha value is -6.72. The van der Waals surface area contributed by atoms with E-state index in [9.17, 15) is 0 Å². The summed E-state index contributed by atoms with van der Waals surface area (Å²) in [6.45, 7) is 4.57. The van der Waals surface area contributed by atoms with Crippen molar-refractivity contribution in [2.24, 2.45) is 0 Å². The average Bonchev–Trinajstić information content (AvgIpc) is 3.85. The normalized spacial score (nSPS) is 12.0. The van der Waals surface area contributed by atoms with E-state index in [4.69, 9.17) is 0 Å². The second-order valence-corrected chi connectivity index (χ2v) is 17.4. The van der Waals surface area contributed by atoms with E-state index in [1.165, 1.54) is 107 Å². The van der Waals surface area contributed by atoms with Gasteiger partial charge < -0.3 is 9.80 Å². The van der Waals surface area contributed by atoms with Crippen LogP contribution in [0.25, 0.3) is 72.7 Å². The SMILES string of the molecule is Cc1cc(N(c2ccccc2)c2cccc3c2sc2ccccc23)c2ccc3c(C)cc(N(c4ccccc4)c4cccc5c4sc4ccccc45)c4ccc1c2c34.